The maximum Gasteiger partial charge on any atom is 0.128 e. The number of benzene rings is 1. The molecule has 0 saturated heterocycles. The maximum absolute atomic E-state index is 5.80. The van der Waals surface area contributed by atoms with Crippen LogP contribution in [0.15, 0.2) is 24.4 Å². The second kappa shape index (κ2) is 3.65. The van der Waals surface area contributed by atoms with Crippen LogP contribution in [0.25, 0.3) is 11.3 Å². The number of aromatic amines is 1. The van der Waals surface area contributed by atoms with Crippen molar-refractivity contribution in [3.8, 4) is 17.0 Å². The predicted octanol–water partition coefficient (Wildman–Crippen LogP) is 1.98. The third-order valence-corrected chi connectivity index (χ3v) is 2.29. The molecule has 0 unspecified atom stereocenters. The highest BCUT2D eigenvalue weighted by atomic mass is 16.5. The third kappa shape index (κ3) is 1.66. The second-order valence-corrected chi connectivity index (χ2v) is 3.40. The summed E-state index contributed by atoms with van der Waals surface area (Å²) in [5, 5.41) is 6.77. The number of nitrogen functional groups attached to an aromatic ring is 1. The first-order valence-corrected chi connectivity index (χ1v) is 4.66. The van der Waals surface area contributed by atoms with E-state index in [1.54, 1.807) is 13.3 Å². The van der Waals surface area contributed by atoms with Crippen LogP contribution in [0.3, 0.4) is 0 Å². The molecular formula is C11H13N3O. The monoisotopic (exact) mass is 203 g/mol. The van der Waals surface area contributed by atoms with Crippen LogP contribution in [-0.2, 0) is 0 Å². The number of anilines is 1. The number of hydrogen-bond acceptors (Lipinski definition) is 3. The Bertz CT molecular complexity index is 476. The summed E-state index contributed by atoms with van der Waals surface area (Å²) in [4.78, 5) is 0. The first-order valence-electron chi connectivity index (χ1n) is 4.66. The molecule has 78 valence electrons. The highest BCUT2D eigenvalue weighted by molar-refractivity contribution is 5.77. The smallest absolute Gasteiger partial charge is 0.128 e. The lowest BCUT2D eigenvalue weighted by molar-refractivity contribution is 0.416. The Morgan fingerprint density at radius 3 is 2.80 bits per heavy atom. The number of hydrogen-bond donors (Lipinski definition) is 2. The van der Waals surface area contributed by atoms with Crippen molar-refractivity contribution in [1.29, 1.82) is 0 Å². The summed E-state index contributed by atoms with van der Waals surface area (Å²) in [6.45, 7) is 2.02. The van der Waals surface area contributed by atoms with Gasteiger partial charge in [0.25, 0.3) is 0 Å². The number of methoxy groups -OCH3 is 1. The first kappa shape index (κ1) is 9.58. The molecule has 0 aliphatic carbocycles. The molecule has 0 spiro atoms. The summed E-state index contributed by atoms with van der Waals surface area (Å²) in [5.74, 6) is 0.788. The molecule has 15 heavy (non-hydrogen) atoms. The van der Waals surface area contributed by atoms with Gasteiger partial charge >= 0.3 is 0 Å². The summed E-state index contributed by atoms with van der Waals surface area (Å²) < 4.78 is 5.28. The fourth-order valence-electron chi connectivity index (χ4n) is 1.53. The van der Waals surface area contributed by atoms with Gasteiger partial charge in [-0.1, -0.05) is 11.6 Å². The first-order chi connectivity index (χ1) is 7.22. The summed E-state index contributed by atoms with van der Waals surface area (Å²) in [6.07, 6.45) is 1.59. The average Bonchev–Trinajstić information content (AvgIpc) is 2.64. The van der Waals surface area contributed by atoms with E-state index in [0.29, 0.717) is 5.69 Å². The lowest BCUT2D eigenvalue weighted by atomic mass is 10.1. The normalized spacial score (nSPS) is 10.3. The number of ether oxygens (including phenoxy) is 1. The van der Waals surface area contributed by atoms with E-state index >= 15 is 0 Å². The number of nitrogens with two attached hydrogens (primary N) is 1. The predicted molar refractivity (Wildman–Crippen MR) is 59.7 cm³/mol. The molecule has 1 aromatic heterocycles. The SMILES string of the molecule is COc1ccc(C)cc1-c1[nH]ncc1N. The van der Waals surface area contributed by atoms with Crippen LogP contribution in [-0.4, -0.2) is 17.3 Å². The largest absolute Gasteiger partial charge is 0.496 e. The minimum atomic E-state index is 0.624. The molecule has 4 nitrogen and oxygen atoms in total. The Labute approximate surface area is 88.1 Å². The van der Waals surface area contributed by atoms with Crippen LogP contribution < -0.4 is 10.5 Å². The summed E-state index contributed by atoms with van der Waals surface area (Å²) in [7, 11) is 1.64. The van der Waals surface area contributed by atoms with Crippen molar-refractivity contribution in [3.63, 3.8) is 0 Å². The molecule has 0 aliphatic rings. The van der Waals surface area contributed by atoms with Crippen molar-refractivity contribution in [3.05, 3.63) is 30.0 Å². The van der Waals surface area contributed by atoms with E-state index in [9.17, 15) is 0 Å². The Balaban J connectivity index is 2.60. The van der Waals surface area contributed by atoms with Crippen LogP contribution >= 0.6 is 0 Å². The Morgan fingerprint density at radius 2 is 2.20 bits per heavy atom. The van der Waals surface area contributed by atoms with Gasteiger partial charge in [-0.3, -0.25) is 5.10 Å². The molecule has 0 bridgehead atoms. The molecule has 0 saturated carbocycles. The van der Waals surface area contributed by atoms with Crippen molar-refractivity contribution < 1.29 is 4.74 Å². The molecule has 3 N–H and O–H groups in total. The minimum Gasteiger partial charge on any atom is -0.496 e. The van der Waals surface area contributed by atoms with E-state index in [0.717, 1.165) is 22.6 Å². The summed E-state index contributed by atoms with van der Waals surface area (Å²) >= 11 is 0. The lowest BCUT2D eigenvalue weighted by Crippen LogP contribution is -1.92. The van der Waals surface area contributed by atoms with E-state index in [-0.39, 0.29) is 0 Å². The van der Waals surface area contributed by atoms with Gasteiger partial charge in [0.2, 0.25) is 0 Å². The number of nitrogens with one attached hydrogen (secondary N) is 1. The van der Waals surface area contributed by atoms with Crippen LogP contribution in [0.5, 0.6) is 5.75 Å². The van der Waals surface area contributed by atoms with E-state index in [1.165, 1.54) is 0 Å². The quantitative estimate of drug-likeness (QED) is 0.784. The van der Waals surface area contributed by atoms with Crippen molar-refractivity contribution >= 4 is 5.69 Å². The van der Waals surface area contributed by atoms with Gasteiger partial charge in [0.1, 0.15) is 5.75 Å². The van der Waals surface area contributed by atoms with Gasteiger partial charge in [0.15, 0.2) is 0 Å². The molecule has 2 aromatic rings. The average molecular weight is 203 g/mol. The van der Waals surface area contributed by atoms with Gasteiger partial charge in [0.05, 0.1) is 24.7 Å². The number of H-pyrrole nitrogens is 1. The fourth-order valence-corrected chi connectivity index (χ4v) is 1.53. The Morgan fingerprint density at radius 1 is 1.40 bits per heavy atom. The van der Waals surface area contributed by atoms with E-state index in [4.69, 9.17) is 10.5 Å². The van der Waals surface area contributed by atoms with Crippen molar-refractivity contribution in [2.24, 2.45) is 0 Å². The van der Waals surface area contributed by atoms with E-state index in [2.05, 4.69) is 10.2 Å². The molecule has 0 radical (unpaired) electrons. The van der Waals surface area contributed by atoms with Gasteiger partial charge in [-0.15, -0.1) is 0 Å². The molecule has 4 heteroatoms. The molecule has 2 rings (SSSR count). The zero-order chi connectivity index (χ0) is 10.8. The fraction of sp³-hybridized carbons (Fsp3) is 0.182. The van der Waals surface area contributed by atoms with Gasteiger partial charge < -0.3 is 10.5 Å². The third-order valence-electron chi connectivity index (χ3n) is 2.29. The Kier molecular flexibility index (Phi) is 2.33. The molecule has 0 fully saturated rings. The summed E-state index contributed by atoms with van der Waals surface area (Å²) in [5.41, 5.74) is 9.31. The lowest BCUT2D eigenvalue weighted by Gasteiger charge is -2.08. The van der Waals surface area contributed by atoms with E-state index in [1.807, 2.05) is 25.1 Å². The van der Waals surface area contributed by atoms with Gasteiger partial charge in [-0.25, -0.2) is 0 Å². The van der Waals surface area contributed by atoms with Gasteiger partial charge in [-0.2, -0.15) is 5.10 Å². The van der Waals surface area contributed by atoms with Crippen molar-refractivity contribution in [2.45, 2.75) is 6.92 Å². The summed E-state index contributed by atoms with van der Waals surface area (Å²) in [6, 6.07) is 5.93. The van der Waals surface area contributed by atoms with Crippen molar-refractivity contribution in [2.75, 3.05) is 12.8 Å². The van der Waals surface area contributed by atoms with Crippen LogP contribution in [0.1, 0.15) is 5.56 Å². The minimum absolute atomic E-state index is 0.624. The van der Waals surface area contributed by atoms with Gasteiger partial charge in [-0.05, 0) is 19.1 Å². The molecule has 0 atom stereocenters. The maximum atomic E-state index is 5.80. The standard InChI is InChI=1S/C11H13N3O/c1-7-3-4-10(15-2)8(5-7)11-9(12)6-13-14-11/h3-6H,12H2,1-2H3,(H,13,14). The van der Waals surface area contributed by atoms with Crippen LogP contribution in [0.4, 0.5) is 5.69 Å². The van der Waals surface area contributed by atoms with Crippen molar-refractivity contribution in [1.82, 2.24) is 10.2 Å². The molecule has 1 aromatic carbocycles. The molecule has 1 heterocycles. The number of nitrogens with zero attached hydrogens (tertiary/aromatic N) is 1. The Hall–Kier alpha value is -1.97. The van der Waals surface area contributed by atoms with Gasteiger partial charge in [0, 0.05) is 5.56 Å². The molecule has 0 aliphatic heterocycles. The highest BCUT2D eigenvalue weighted by Gasteiger charge is 2.10. The topological polar surface area (TPSA) is 63.9 Å². The molecular weight excluding hydrogens is 190 g/mol. The second-order valence-electron chi connectivity index (χ2n) is 3.40. The molecule has 0 amide bonds. The highest BCUT2D eigenvalue weighted by Crippen LogP contribution is 2.32. The van der Waals surface area contributed by atoms with Crippen LogP contribution in [0.2, 0.25) is 0 Å². The van der Waals surface area contributed by atoms with E-state index < -0.39 is 0 Å². The number of aryl methyl sites for hydroxylation is 1. The number of aromatic nitrogens is 2. The number of rotatable bonds is 2. The zero-order valence-electron chi connectivity index (χ0n) is 8.74. The zero-order valence-corrected chi connectivity index (χ0v) is 8.74. The van der Waals surface area contributed by atoms with Crippen LogP contribution in [0, 0.1) is 6.92 Å².